The van der Waals surface area contributed by atoms with Crippen molar-refractivity contribution in [3.05, 3.63) is 47.5 Å². The Morgan fingerprint density at radius 3 is 2.48 bits per heavy atom. The normalized spacial score (nSPS) is 17.4. The Bertz CT molecular complexity index is 596. The van der Waals surface area contributed by atoms with E-state index in [1.807, 2.05) is 0 Å². The second kappa shape index (κ2) is 6.62. The SMILES string of the molecule is CNC(CCC1CCCC1)c1ccc(C)c2ccccc12. The van der Waals surface area contributed by atoms with E-state index in [1.165, 1.54) is 60.4 Å². The van der Waals surface area contributed by atoms with Crippen molar-refractivity contribution in [3.63, 3.8) is 0 Å². The van der Waals surface area contributed by atoms with Gasteiger partial charge in [-0.3, -0.25) is 0 Å². The molecule has 2 aromatic rings. The first-order valence-corrected chi connectivity index (χ1v) is 8.45. The van der Waals surface area contributed by atoms with E-state index >= 15 is 0 Å². The molecule has 0 spiro atoms. The fraction of sp³-hybridized carbons (Fsp3) is 0.500. The molecule has 0 aromatic heterocycles. The van der Waals surface area contributed by atoms with Crippen LogP contribution in [0.5, 0.6) is 0 Å². The van der Waals surface area contributed by atoms with Crippen LogP contribution < -0.4 is 5.32 Å². The van der Waals surface area contributed by atoms with Crippen molar-refractivity contribution in [2.45, 2.75) is 51.5 Å². The van der Waals surface area contributed by atoms with Crippen molar-refractivity contribution in [2.24, 2.45) is 5.92 Å². The highest BCUT2D eigenvalue weighted by Gasteiger charge is 2.18. The predicted octanol–water partition coefficient (Wildman–Crippen LogP) is 5.38. The Morgan fingerprint density at radius 2 is 1.76 bits per heavy atom. The van der Waals surface area contributed by atoms with Gasteiger partial charge < -0.3 is 5.32 Å². The molecule has 1 nitrogen and oxygen atoms in total. The van der Waals surface area contributed by atoms with Gasteiger partial charge in [0.05, 0.1) is 0 Å². The summed E-state index contributed by atoms with van der Waals surface area (Å²) in [5, 5.41) is 6.37. The molecule has 0 saturated heterocycles. The van der Waals surface area contributed by atoms with Crippen LogP contribution in [0.25, 0.3) is 10.8 Å². The monoisotopic (exact) mass is 281 g/mol. The maximum atomic E-state index is 3.55. The molecule has 1 aliphatic carbocycles. The number of rotatable bonds is 5. The second-order valence-corrected chi connectivity index (χ2v) is 6.59. The smallest absolute Gasteiger partial charge is 0.0323 e. The first kappa shape index (κ1) is 14.6. The molecule has 0 bridgehead atoms. The van der Waals surface area contributed by atoms with Gasteiger partial charge in [0.2, 0.25) is 0 Å². The first-order valence-electron chi connectivity index (χ1n) is 8.45. The Hall–Kier alpha value is -1.34. The average Bonchev–Trinajstić information content (AvgIpc) is 3.03. The minimum Gasteiger partial charge on any atom is -0.313 e. The largest absolute Gasteiger partial charge is 0.313 e. The van der Waals surface area contributed by atoms with Gasteiger partial charge in [0.1, 0.15) is 0 Å². The molecule has 1 saturated carbocycles. The van der Waals surface area contributed by atoms with Crippen molar-refractivity contribution < 1.29 is 0 Å². The Labute approximate surface area is 128 Å². The Balaban J connectivity index is 1.84. The molecule has 112 valence electrons. The zero-order chi connectivity index (χ0) is 14.7. The molecule has 1 N–H and O–H groups in total. The number of nitrogens with one attached hydrogen (secondary N) is 1. The molecule has 3 rings (SSSR count). The van der Waals surface area contributed by atoms with Gasteiger partial charge in [-0.05, 0) is 54.6 Å². The van der Waals surface area contributed by atoms with Gasteiger partial charge in [0.15, 0.2) is 0 Å². The number of hydrogen-bond donors (Lipinski definition) is 1. The van der Waals surface area contributed by atoms with Gasteiger partial charge in [0.25, 0.3) is 0 Å². The van der Waals surface area contributed by atoms with Crippen LogP contribution in [-0.4, -0.2) is 7.05 Å². The topological polar surface area (TPSA) is 12.0 Å². The summed E-state index contributed by atoms with van der Waals surface area (Å²) in [4.78, 5) is 0. The zero-order valence-corrected chi connectivity index (χ0v) is 13.4. The van der Waals surface area contributed by atoms with Crippen LogP contribution in [0.15, 0.2) is 36.4 Å². The van der Waals surface area contributed by atoms with E-state index < -0.39 is 0 Å². The van der Waals surface area contributed by atoms with Crippen LogP contribution in [0.3, 0.4) is 0 Å². The van der Waals surface area contributed by atoms with E-state index in [-0.39, 0.29) is 0 Å². The summed E-state index contributed by atoms with van der Waals surface area (Å²) >= 11 is 0. The third-order valence-electron chi connectivity index (χ3n) is 5.24. The highest BCUT2D eigenvalue weighted by molar-refractivity contribution is 5.88. The lowest BCUT2D eigenvalue weighted by Crippen LogP contribution is -2.17. The summed E-state index contributed by atoms with van der Waals surface area (Å²) < 4.78 is 0. The van der Waals surface area contributed by atoms with Crippen LogP contribution in [-0.2, 0) is 0 Å². The van der Waals surface area contributed by atoms with E-state index in [2.05, 4.69) is 55.7 Å². The van der Waals surface area contributed by atoms with E-state index in [1.54, 1.807) is 0 Å². The number of fused-ring (bicyclic) bond motifs is 1. The molecular formula is C20H27N. The Kier molecular flexibility index (Phi) is 4.60. The summed E-state index contributed by atoms with van der Waals surface area (Å²) in [6.45, 7) is 2.21. The second-order valence-electron chi connectivity index (χ2n) is 6.59. The van der Waals surface area contributed by atoms with Crippen LogP contribution in [0.4, 0.5) is 0 Å². The molecule has 0 heterocycles. The average molecular weight is 281 g/mol. The van der Waals surface area contributed by atoms with Crippen molar-refractivity contribution in [1.29, 1.82) is 0 Å². The van der Waals surface area contributed by atoms with Gasteiger partial charge in [0, 0.05) is 6.04 Å². The van der Waals surface area contributed by atoms with E-state index in [9.17, 15) is 0 Å². The number of benzene rings is 2. The van der Waals surface area contributed by atoms with E-state index in [4.69, 9.17) is 0 Å². The minimum absolute atomic E-state index is 0.482. The molecule has 2 aromatic carbocycles. The van der Waals surface area contributed by atoms with Crippen molar-refractivity contribution in [2.75, 3.05) is 7.05 Å². The lowest BCUT2D eigenvalue weighted by molar-refractivity contribution is 0.428. The summed E-state index contributed by atoms with van der Waals surface area (Å²) in [7, 11) is 2.11. The maximum Gasteiger partial charge on any atom is 0.0323 e. The van der Waals surface area contributed by atoms with Gasteiger partial charge in [-0.1, -0.05) is 62.1 Å². The molecule has 1 atom stereocenters. The molecule has 0 radical (unpaired) electrons. The fourth-order valence-electron chi connectivity index (χ4n) is 3.93. The van der Waals surface area contributed by atoms with Crippen LogP contribution >= 0.6 is 0 Å². The first-order chi connectivity index (χ1) is 10.3. The van der Waals surface area contributed by atoms with Crippen LogP contribution in [0.1, 0.15) is 55.7 Å². The molecular weight excluding hydrogens is 254 g/mol. The summed E-state index contributed by atoms with van der Waals surface area (Å²) in [6, 6.07) is 13.9. The predicted molar refractivity (Wildman–Crippen MR) is 91.7 cm³/mol. The Morgan fingerprint density at radius 1 is 1.05 bits per heavy atom. The van der Waals surface area contributed by atoms with Gasteiger partial charge in [-0.25, -0.2) is 0 Å². The number of hydrogen-bond acceptors (Lipinski definition) is 1. The third kappa shape index (κ3) is 3.13. The van der Waals surface area contributed by atoms with Crippen molar-refractivity contribution in [3.8, 4) is 0 Å². The molecule has 1 aliphatic rings. The van der Waals surface area contributed by atoms with E-state index in [0.717, 1.165) is 5.92 Å². The summed E-state index contributed by atoms with van der Waals surface area (Å²) in [5.41, 5.74) is 2.84. The van der Waals surface area contributed by atoms with Gasteiger partial charge in [-0.15, -0.1) is 0 Å². The molecule has 1 unspecified atom stereocenters. The van der Waals surface area contributed by atoms with Crippen molar-refractivity contribution in [1.82, 2.24) is 5.32 Å². The number of aryl methyl sites for hydroxylation is 1. The highest BCUT2D eigenvalue weighted by Crippen LogP contribution is 2.33. The minimum atomic E-state index is 0.482. The molecule has 1 fully saturated rings. The fourth-order valence-corrected chi connectivity index (χ4v) is 3.93. The van der Waals surface area contributed by atoms with Gasteiger partial charge >= 0.3 is 0 Å². The van der Waals surface area contributed by atoms with E-state index in [0.29, 0.717) is 6.04 Å². The molecule has 1 heteroatoms. The molecule has 21 heavy (non-hydrogen) atoms. The van der Waals surface area contributed by atoms with Crippen LogP contribution in [0.2, 0.25) is 0 Å². The summed E-state index contributed by atoms with van der Waals surface area (Å²) in [6.07, 6.45) is 8.42. The lowest BCUT2D eigenvalue weighted by Gasteiger charge is -2.21. The van der Waals surface area contributed by atoms with Gasteiger partial charge in [-0.2, -0.15) is 0 Å². The third-order valence-corrected chi connectivity index (χ3v) is 5.24. The van der Waals surface area contributed by atoms with Crippen molar-refractivity contribution >= 4 is 10.8 Å². The standard InChI is InChI=1S/C20H27N/c1-15-11-13-19(18-10-6-5-9-17(15)18)20(21-2)14-12-16-7-3-4-8-16/h5-6,9-11,13,16,20-21H,3-4,7-8,12,14H2,1-2H3. The molecule has 0 amide bonds. The quantitative estimate of drug-likeness (QED) is 0.776. The lowest BCUT2D eigenvalue weighted by atomic mass is 9.91. The highest BCUT2D eigenvalue weighted by atomic mass is 14.9. The van der Waals surface area contributed by atoms with Crippen LogP contribution in [0, 0.1) is 12.8 Å². The maximum absolute atomic E-state index is 3.55. The summed E-state index contributed by atoms with van der Waals surface area (Å²) in [5.74, 6) is 0.970. The zero-order valence-electron chi connectivity index (χ0n) is 13.4. The molecule has 0 aliphatic heterocycles.